The molecule has 0 unspecified atom stereocenters. The fraction of sp³-hybridized carbons (Fsp3) is 0.292. The van der Waals surface area contributed by atoms with Gasteiger partial charge in [-0.15, -0.1) is 10.2 Å². The van der Waals surface area contributed by atoms with Crippen LogP contribution in [0.4, 0.5) is 0 Å². The van der Waals surface area contributed by atoms with Crippen LogP contribution in [0.5, 0.6) is 0 Å². The van der Waals surface area contributed by atoms with E-state index in [4.69, 9.17) is 4.42 Å². The molecule has 8 heteroatoms. The fourth-order valence-electron chi connectivity index (χ4n) is 5.46. The molecule has 7 rings (SSSR count). The third-order valence-electron chi connectivity index (χ3n) is 7.13. The van der Waals surface area contributed by atoms with E-state index in [1.807, 2.05) is 12.4 Å². The van der Waals surface area contributed by atoms with Gasteiger partial charge in [0.25, 0.3) is 0 Å². The summed E-state index contributed by atoms with van der Waals surface area (Å²) in [5, 5.41) is 18.3. The Morgan fingerprint density at radius 3 is 2.88 bits per heavy atom. The molecule has 0 aliphatic carbocycles. The maximum absolute atomic E-state index is 6.18. The second-order valence-corrected chi connectivity index (χ2v) is 9.01. The van der Waals surface area contributed by atoms with Crippen LogP contribution in [0.15, 0.2) is 53.2 Å². The van der Waals surface area contributed by atoms with Gasteiger partial charge in [0, 0.05) is 47.7 Å². The largest absolute Gasteiger partial charge is 0.419 e. The van der Waals surface area contributed by atoms with Crippen molar-refractivity contribution in [3.8, 4) is 22.6 Å². The number of benzene rings is 2. The lowest BCUT2D eigenvalue weighted by molar-refractivity contribution is 0.134. The van der Waals surface area contributed by atoms with Gasteiger partial charge in [-0.05, 0) is 48.9 Å². The summed E-state index contributed by atoms with van der Waals surface area (Å²) >= 11 is 0. The normalized spacial score (nSPS) is 21.4. The van der Waals surface area contributed by atoms with E-state index in [1.54, 1.807) is 0 Å². The molecule has 3 aromatic heterocycles. The zero-order chi connectivity index (χ0) is 21.2. The van der Waals surface area contributed by atoms with Crippen LogP contribution in [-0.4, -0.2) is 67.4 Å². The van der Waals surface area contributed by atoms with E-state index in [-0.39, 0.29) is 0 Å². The molecule has 8 nitrogen and oxygen atoms in total. The number of rotatable bonds is 4. The Morgan fingerprint density at radius 1 is 1.03 bits per heavy atom. The maximum atomic E-state index is 6.18. The molecule has 0 saturated carbocycles. The standard InChI is InChI=1S/C24H23N7O/c1-30-11-16-9-15(30)12-31(16)13-23-28-29-24(32-23)19-7-14(8-22-20(19)10-26-27-22)17-3-2-4-21-18(17)5-6-25-21/h2-8,10,15-16,25H,9,11-13H2,1H3,(H,26,27)/t15-,16-/m1/s1. The van der Waals surface area contributed by atoms with E-state index in [1.165, 1.54) is 11.8 Å². The molecule has 32 heavy (non-hydrogen) atoms. The molecule has 2 N–H and O–H groups in total. The summed E-state index contributed by atoms with van der Waals surface area (Å²) < 4.78 is 6.18. The highest BCUT2D eigenvalue weighted by atomic mass is 16.4. The van der Waals surface area contributed by atoms with Crippen molar-refractivity contribution in [2.75, 3.05) is 20.1 Å². The van der Waals surface area contributed by atoms with E-state index >= 15 is 0 Å². The second kappa shape index (κ2) is 6.75. The quantitative estimate of drug-likeness (QED) is 0.457. The number of hydrogen-bond acceptors (Lipinski definition) is 6. The predicted molar refractivity (Wildman–Crippen MR) is 122 cm³/mol. The summed E-state index contributed by atoms with van der Waals surface area (Å²) in [5.41, 5.74) is 5.20. The number of aromatic nitrogens is 5. The van der Waals surface area contributed by atoms with Crippen LogP contribution >= 0.6 is 0 Å². The zero-order valence-electron chi connectivity index (χ0n) is 17.7. The Kier molecular flexibility index (Phi) is 3.82. The molecule has 5 aromatic rings. The molecule has 0 amide bonds. The average Bonchev–Trinajstić information content (AvgIpc) is 3.60. The van der Waals surface area contributed by atoms with Gasteiger partial charge in [-0.2, -0.15) is 5.10 Å². The van der Waals surface area contributed by atoms with Crippen molar-refractivity contribution in [1.29, 1.82) is 0 Å². The third-order valence-corrected chi connectivity index (χ3v) is 7.13. The summed E-state index contributed by atoms with van der Waals surface area (Å²) in [4.78, 5) is 8.21. The second-order valence-electron chi connectivity index (χ2n) is 9.01. The molecule has 2 fully saturated rings. The molecule has 2 atom stereocenters. The lowest BCUT2D eigenvalue weighted by atomic mass is 9.98. The Balaban J connectivity index is 1.27. The molecule has 2 aliphatic rings. The van der Waals surface area contributed by atoms with Gasteiger partial charge in [0.05, 0.1) is 23.8 Å². The predicted octanol–water partition coefficient (Wildman–Crippen LogP) is 3.65. The number of H-pyrrole nitrogens is 2. The lowest BCUT2D eigenvalue weighted by Gasteiger charge is -2.30. The minimum absolute atomic E-state index is 0.538. The number of nitrogens with one attached hydrogen (secondary N) is 2. The first kappa shape index (κ1) is 18.1. The van der Waals surface area contributed by atoms with Gasteiger partial charge in [0.2, 0.25) is 11.8 Å². The van der Waals surface area contributed by atoms with Crippen LogP contribution < -0.4 is 0 Å². The third kappa shape index (κ3) is 2.73. The maximum Gasteiger partial charge on any atom is 0.248 e. The number of aromatic amines is 2. The number of nitrogens with zero attached hydrogens (tertiary/aromatic N) is 5. The van der Waals surface area contributed by atoms with Gasteiger partial charge in [-0.25, -0.2) is 0 Å². The highest BCUT2D eigenvalue weighted by Gasteiger charge is 2.41. The van der Waals surface area contributed by atoms with Crippen molar-refractivity contribution >= 4 is 21.8 Å². The minimum Gasteiger partial charge on any atom is -0.419 e. The molecule has 5 heterocycles. The molecule has 0 spiro atoms. The van der Waals surface area contributed by atoms with Crippen LogP contribution in [0, 0.1) is 0 Å². The Morgan fingerprint density at radius 2 is 2.00 bits per heavy atom. The molecular weight excluding hydrogens is 402 g/mol. The van der Waals surface area contributed by atoms with Gasteiger partial charge in [-0.3, -0.25) is 10.00 Å². The van der Waals surface area contributed by atoms with Crippen LogP contribution in [-0.2, 0) is 6.54 Å². The first-order valence-electron chi connectivity index (χ1n) is 11.0. The molecule has 2 aromatic carbocycles. The molecular formula is C24H23N7O. The van der Waals surface area contributed by atoms with Gasteiger partial charge in [-0.1, -0.05) is 12.1 Å². The summed E-state index contributed by atoms with van der Waals surface area (Å²) in [6.07, 6.45) is 5.03. The van der Waals surface area contributed by atoms with E-state index in [0.29, 0.717) is 30.4 Å². The summed E-state index contributed by atoms with van der Waals surface area (Å²) in [6.45, 7) is 2.90. The number of piperazine rings is 1. The van der Waals surface area contributed by atoms with Gasteiger partial charge < -0.3 is 14.3 Å². The van der Waals surface area contributed by atoms with Crippen LogP contribution in [0.25, 0.3) is 44.4 Å². The number of fused-ring (bicyclic) bond motifs is 4. The highest BCUT2D eigenvalue weighted by Crippen LogP contribution is 2.36. The van der Waals surface area contributed by atoms with Crippen molar-refractivity contribution in [3.63, 3.8) is 0 Å². The topological polar surface area (TPSA) is 89.9 Å². The van der Waals surface area contributed by atoms with Crippen molar-refractivity contribution in [2.24, 2.45) is 0 Å². The average molecular weight is 425 g/mol. The Labute approximate surface area is 184 Å². The Hall–Kier alpha value is -3.49. The monoisotopic (exact) mass is 425 g/mol. The highest BCUT2D eigenvalue weighted by molar-refractivity contribution is 6.01. The van der Waals surface area contributed by atoms with E-state index in [0.717, 1.165) is 46.2 Å². The van der Waals surface area contributed by atoms with Gasteiger partial charge in [0.15, 0.2) is 0 Å². The summed E-state index contributed by atoms with van der Waals surface area (Å²) in [7, 11) is 2.21. The minimum atomic E-state index is 0.538. The first-order valence-corrected chi connectivity index (χ1v) is 11.0. The van der Waals surface area contributed by atoms with Crippen molar-refractivity contribution in [2.45, 2.75) is 25.0 Å². The lowest BCUT2D eigenvalue weighted by Crippen LogP contribution is -2.43. The molecule has 2 bridgehead atoms. The number of hydrogen-bond donors (Lipinski definition) is 2. The Bertz CT molecular complexity index is 1450. The van der Waals surface area contributed by atoms with Crippen molar-refractivity contribution < 1.29 is 4.42 Å². The SMILES string of the molecule is CN1C[C@H]2C[C@@H]1CN2Cc1nnc(-c2cc(-c3cccc4[nH]ccc34)cc3[nH]ncc23)o1. The van der Waals surface area contributed by atoms with Gasteiger partial charge in [0.1, 0.15) is 0 Å². The molecule has 2 aliphatic heterocycles. The fourth-order valence-corrected chi connectivity index (χ4v) is 5.46. The smallest absolute Gasteiger partial charge is 0.248 e. The number of likely N-dealkylation sites (N-methyl/N-ethyl adjacent to an activating group) is 1. The molecule has 0 radical (unpaired) electrons. The van der Waals surface area contributed by atoms with Crippen LogP contribution in [0.2, 0.25) is 0 Å². The van der Waals surface area contributed by atoms with E-state index < -0.39 is 0 Å². The zero-order valence-corrected chi connectivity index (χ0v) is 17.7. The van der Waals surface area contributed by atoms with Gasteiger partial charge >= 0.3 is 0 Å². The summed E-state index contributed by atoms with van der Waals surface area (Å²) in [5.74, 6) is 1.21. The summed E-state index contributed by atoms with van der Waals surface area (Å²) in [6, 6.07) is 13.9. The van der Waals surface area contributed by atoms with Crippen molar-refractivity contribution in [3.05, 3.63) is 54.7 Å². The van der Waals surface area contributed by atoms with Crippen molar-refractivity contribution in [1.82, 2.24) is 35.2 Å². The van der Waals surface area contributed by atoms with Crippen LogP contribution in [0.1, 0.15) is 12.3 Å². The first-order chi connectivity index (χ1) is 15.7. The molecule has 160 valence electrons. The van der Waals surface area contributed by atoms with Crippen LogP contribution in [0.3, 0.4) is 0 Å². The van der Waals surface area contributed by atoms with E-state index in [9.17, 15) is 0 Å². The van der Waals surface area contributed by atoms with E-state index in [2.05, 4.69) is 78.6 Å². The number of likely N-dealkylation sites (tertiary alicyclic amines) is 2. The molecule has 2 saturated heterocycles.